The molecular formula is C19H21NO3. The molecule has 1 aliphatic rings. The zero-order valence-electron chi connectivity index (χ0n) is 13.3. The number of amides is 1. The molecule has 1 aliphatic carbocycles. The predicted molar refractivity (Wildman–Crippen MR) is 90.9 cm³/mol. The molecular weight excluding hydrogens is 290 g/mol. The van der Waals surface area contributed by atoms with Crippen molar-refractivity contribution in [1.82, 2.24) is 0 Å². The van der Waals surface area contributed by atoms with Gasteiger partial charge in [-0.25, -0.2) is 9.69 Å². The van der Waals surface area contributed by atoms with E-state index in [-0.39, 0.29) is 0 Å². The Morgan fingerprint density at radius 3 is 2.57 bits per heavy atom. The summed E-state index contributed by atoms with van der Waals surface area (Å²) in [6, 6.07) is 13.2. The molecule has 4 heteroatoms. The van der Waals surface area contributed by atoms with Crippen molar-refractivity contribution < 1.29 is 14.6 Å². The number of fused-ring (bicyclic) bond motifs is 1. The molecule has 0 fully saturated rings. The number of carbonyl (C=O) groups is 1. The number of ether oxygens (including phenoxy) is 1. The number of hydrogen-bond donors (Lipinski definition) is 1. The smallest absolute Gasteiger partial charge is 0.416 e. The number of benzene rings is 2. The zero-order chi connectivity index (χ0) is 16.2. The van der Waals surface area contributed by atoms with E-state index in [4.69, 9.17) is 4.74 Å². The maximum absolute atomic E-state index is 11.9. The van der Waals surface area contributed by atoms with E-state index in [2.05, 4.69) is 6.07 Å². The van der Waals surface area contributed by atoms with Crippen molar-refractivity contribution in [3.05, 3.63) is 53.6 Å². The van der Waals surface area contributed by atoms with Gasteiger partial charge in [-0.2, -0.15) is 0 Å². The maximum Gasteiger partial charge on any atom is 0.416 e. The third-order valence-corrected chi connectivity index (χ3v) is 4.21. The summed E-state index contributed by atoms with van der Waals surface area (Å²) < 4.78 is 5.43. The Morgan fingerprint density at radius 2 is 1.87 bits per heavy atom. The Labute approximate surface area is 136 Å². The highest BCUT2D eigenvalue weighted by molar-refractivity contribution is 5.96. The fourth-order valence-corrected chi connectivity index (χ4v) is 3.18. The molecule has 120 valence electrons. The molecule has 0 radical (unpaired) electrons. The molecule has 3 rings (SSSR count). The van der Waals surface area contributed by atoms with Gasteiger partial charge in [0.1, 0.15) is 5.75 Å². The molecule has 0 aromatic heterocycles. The van der Waals surface area contributed by atoms with Gasteiger partial charge in [-0.1, -0.05) is 12.1 Å². The number of anilines is 2. The van der Waals surface area contributed by atoms with Crippen LogP contribution in [0.15, 0.2) is 42.5 Å². The highest BCUT2D eigenvalue weighted by Gasteiger charge is 2.22. The molecule has 0 heterocycles. The second-order valence-corrected chi connectivity index (χ2v) is 5.67. The fourth-order valence-electron chi connectivity index (χ4n) is 3.18. The maximum atomic E-state index is 11.9. The third-order valence-electron chi connectivity index (χ3n) is 4.21. The van der Waals surface area contributed by atoms with Gasteiger partial charge in [0.25, 0.3) is 0 Å². The Bertz CT molecular complexity index is 694. The minimum atomic E-state index is -0.965. The van der Waals surface area contributed by atoms with Gasteiger partial charge >= 0.3 is 6.09 Å². The van der Waals surface area contributed by atoms with Crippen molar-refractivity contribution in [2.24, 2.45) is 0 Å². The number of carboxylic acid groups (broad SMARTS) is 1. The summed E-state index contributed by atoms with van der Waals surface area (Å²) in [5.74, 6) is 0.747. The SMILES string of the molecule is CCOc1ccc(N(C(=O)O)c2cccc3c2CCCC3)cc1. The van der Waals surface area contributed by atoms with Crippen molar-refractivity contribution in [2.75, 3.05) is 11.5 Å². The summed E-state index contributed by atoms with van der Waals surface area (Å²) >= 11 is 0. The molecule has 0 aliphatic heterocycles. The van der Waals surface area contributed by atoms with Crippen LogP contribution in [0.4, 0.5) is 16.2 Å². The third kappa shape index (κ3) is 3.16. The van der Waals surface area contributed by atoms with Crippen LogP contribution < -0.4 is 9.64 Å². The van der Waals surface area contributed by atoms with E-state index in [0.29, 0.717) is 12.3 Å². The quantitative estimate of drug-likeness (QED) is 0.884. The van der Waals surface area contributed by atoms with Crippen LogP contribution in [0, 0.1) is 0 Å². The van der Waals surface area contributed by atoms with Crippen LogP contribution in [0.25, 0.3) is 0 Å². The summed E-state index contributed by atoms with van der Waals surface area (Å²) in [6.07, 6.45) is 3.28. The van der Waals surface area contributed by atoms with Crippen LogP contribution in [0.1, 0.15) is 30.9 Å². The van der Waals surface area contributed by atoms with Crippen LogP contribution in [0.3, 0.4) is 0 Å². The summed E-state index contributed by atoms with van der Waals surface area (Å²) in [6.45, 7) is 2.52. The van der Waals surface area contributed by atoms with E-state index in [9.17, 15) is 9.90 Å². The minimum Gasteiger partial charge on any atom is -0.494 e. The first-order chi connectivity index (χ1) is 11.2. The van der Waals surface area contributed by atoms with E-state index in [1.165, 1.54) is 16.9 Å². The van der Waals surface area contributed by atoms with Crippen LogP contribution in [-0.4, -0.2) is 17.8 Å². The van der Waals surface area contributed by atoms with Crippen molar-refractivity contribution >= 4 is 17.5 Å². The highest BCUT2D eigenvalue weighted by atomic mass is 16.5. The molecule has 2 aromatic carbocycles. The van der Waals surface area contributed by atoms with E-state index in [1.54, 1.807) is 12.1 Å². The molecule has 0 spiro atoms. The first-order valence-electron chi connectivity index (χ1n) is 8.07. The van der Waals surface area contributed by atoms with E-state index >= 15 is 0 Å². The van der Waals surface area contributed by atoms with Gasteiger partial charge < -0.3 is 9.84 Å². The van der Waals surface area contributed by atoms with Crippen LogP contribution >= 0.6 is 0 Å². The second-order valence-electron chi connectivity index (χ2n) is 5.67. The van der Waals surface area contributed by atoms with Gasteiger partial charge in [0.05, 0.1) is 18.0 Å². The van der Waals surface area contributed by atoms with E-state index in [1.807, 2.05) is 31.2 Å². The minimum absolute atomic E-state index is 0.591. The molecule has 23 heavy (non-hydrogen) atoms. The summed E-state index contributed by atoms with van der Waals surface area (Å²) in [5.41, 5.74) is 3.85. The lowest BCUT2D eigenvalue weighted by Gasteiger charge is -2.26. The van der Waals surface area contributed by atoms with Crippen molar-refractivity contribution in [3.8, 4) is 5.75 Å². The fraction of sp³-hybridized carbons (Fsp3) is 0.316. The van der Waals surface area contributed by atoms with Gasteiger partial charge in [-0.05, 0) is 74.1 Å². The van der Waals surface area contributed by atoms with Crippen molar-refractivity contribution in [3.63, 3.8) is 0 Å². The average Bonchev–Trinajstić information content (AvgIpc) is 2.57. The summed E-state index contributed by atoms with van der Waals surface area (Å²) in [5, 5.41) is 9.75. The Balaban J connectivity index is 2.01. The number of hydrogen-bond acceptors (Lipinski definition) is 2. The average molecular weight is 311 g/mol. The zero-order valence-corrected chi connectivity index (χ0v) is 13.3. The van der Waals surface area contributed by atoms with Gasteiger partial charge in [0, 0.05) is 0 Å². The Kier molecular flexibility index (Phi) is 4.51. The van der Waals surface area contributed by atoms with Crippen LogP contribution in [0.2, 0.25) is 0 Å². The highest BCUT2D eigenvalue weighted by Crippen LogP contribution is 2.35. The van der Waals surface area contributed by atoms with E-state index in [0.717, 1.165) is 36.3 Å². The first kappa shape index (κ1) is 15.4. The lowest BCUT2D eigenvalue weighted by molar-refractivity contribution is 0.204. The molecule has 0 bridgehead atoms. The molecule has 1 amide bonds. The lowest BCUT2D eigenvalue weighted by atomic mass is 9.90. The van der Waals surface area contributed by atoms with E-state index < -0.39 is 6.09 Å². The standard InChI is InChI=1S/C19H21NO3/c1-2-23-16-12-10-15(11-13-16)20(19(21)22)18-9-5-7-14-6-3-4-8-17(14)18/h5,7,9-13H,2-4,6,8H2,1H3,(H,21,22). The molecule has 4 nitrogen and oxygen atoms in total. The molecule has 0 saturated heterocycles. The molecule has 0 saturated carbocycles. The Hall–Kier alpha value is -2.49. The summed E-state index contributed by atoms with van der Waals surface area (Å²) in [4.78, 5) is 13.3. The second kappa shape index (κ2) is 6.73. The number of rotatable bonds is 4. The van der Waals surface area contributed by atoms with Gasteiger partial charge in [0.2, 0.25) is 0 Å². The van der Waals surface area contributed by atoms with Crippen LogP contribution in [-0.2, 0) is 12.8 Å². The van der Waals surface area contributed by atoms with Crippen molar-refractivity contribution in [2.45, 2.75) is 32.6 Å². The molecule has 0 atom stereocenters. The predicted octanol–water partition coefficient (Wildman–Crippen LogP) is 4.78. The number of aryl methyl sites for hydroxylation is 1. The van der Waals surface area contributed by atoms with Crippen molar-refractivity contribution in [1.29, 1.82) is 0 Å². The molecule has 1 N–H and O–H groups in total. The monoisotopic (exact) mass is 311 g/mol. The molecule has 0 unspecified atom stereocenters. The lowest BCUT2D eigenvalue weighted by Crippen LogP contribution is -2.25. The van der Waals surface area contributed by atoms with Gasteiger partial charge in [-0.3, -0.25) is 0 Å². The first-order valence-corrected chi connectivity index (χ1v) is 8.07. The van der Waals surface area contributed by atoms with Gasteiger partial charge in [-0.15, -0.1) is 0 Å². The largest absolute Gasteiger partial charge is 0.494 e. The normalized spacial score (nSPS) is 13.3. The van der Waals surface area contributed by atoms with Crippen LogP contribution in [0.5, 0.6) is 5.75 Å². The number of nitrogens with zero attached hydrogens (tertiary/aromatic N) is 1. The van der Waals surface area contributed by atoms with Gasteiger partial charge in [0.15, 0.2) is 0 Å². The topological polar surface area (TPSA) is 49.8 Å². The Morgan fingerprint density at radius 1 is 1.13 bits per heavy atom. The summed E-state index contributed by atoms with van der Waals surface area (Å²) in [7, 11) is 0. The molecule has 2 aromatic rings.